The molecule has 9 nitrogen and oxygen atoms in total. The molecule has 0 unspecified atom stereocenters. The Morgan fingerprint density at radius 1 is 1.29 bits per heavy atom. The SMILES string of the molecule is Cc1nc(Cl)nc(Sc2ncnc3nc[nH]c23)c1[N+](=O)[O-]. The predicted molar refractivity (Wildman–Crippen MR) is 74.2 cm³/mol. The van der Waals surface area contributed by atoms with Gasteiger partial charge < -0.3 is 4.98 Å². The molecule has 11 heteroatoms. The minimum atomic E-state index is -0.542. The number of nitro groups is 1. The van der Waals surface area contributed by atoms with E-state index in [1.807, 2.05) is 0 Å². The van der Waals surface area contributed by atoms with Gasteiger partial charge in [0.15, 0.2) is 10.7 Å². The van der Waals surface area contributed by atoms with Crippen LogP contribution in [0.1, 0.15) is 5.69 Å². The zero-order valence-corrected chi connectivity index (χ0v) is 12.0. The predicted octanol–water partition coefficient (Wildman–Crippen LogP) is 2.16. The number of aromatic amines is 1. The highest BCUT2D eigenvalue weighted by molar-refractivity contribution is 7.99. The fraction of sp³-hybridized carbons (Fsp3) is 0.100. The second kappa shape index (κ2) is 5.22. The van der Waals surface area contributed by atoms with E-state index in [9.17, 15) is 10.1 Å². The minimum absolute atomic E-state index is 0.0597. The molecule has 0 fully saturated rings. The molecule has 0 aliphatic rings. The number of imidazole rings is 1. The number of nitrogens with zero attached hydrogens (tertiary/aromatic N) is 6. The molecular weight excluding hydrogens is 318 g/mol. The molecule has 0 saturated heterocycles. The Morgan fingerprint density at radius 2 is 2.10 bits per heavy atom. The fourth-order valence-corrected chi connectivity index (χ4v) is 2.95. The Kier molecular flexibility index (Phi) is 3.39. The average molecular weight is 324 g/mol. The van der Waals surface area contributed by atoms with Gasteiger partial charge in [-0.2, -0.15) is 0 Å². The monoisotopic (exact) mass is 323 g/mol. The van der Waals surface area contributed by atoms with Crippen LogP contribution in [-0.2, 0) is 0 Å². The summed E-state index contributed by atoms with van der Waals surface area (Å²) in [6.45, 7) is 1.50. The molecule has 3 aromatic rings. The summed E-state index contributed by atoms with van der Waals surface area (Å²) in [5, 5.41) is 11.7. The standard InChI is InChI=1S/C10H6ClN7O2S/c1-4-6(18(19)20)9(17-10(11)16-4)21-8-5-7(13-2-12-5)14-3-15-8/h2-3H,1H3,(H,12,13,14,15). The van der Waals surface area contributed by atoms with E-state index in [2.05, 4.69) is 29.9 Å². The van der Waals surface area contributed by atoms with Crippen LogP contribution in [0.25, 0.3) is 11.2 Å². The lowest BCUT2D eigenvalue weighted by atomic mass is 10.4. The van der Waals surface area contributed by atoms with E-state index in [1.165, 1.54) is 19.6 Å². The van der Waals surface area contributed by atoms with Crippen molar-refractivity contribution in [1.82, 2.24) is 29.9 Å². The quantitative estimate of drug-likeness (QED) is 0.336. The summed E-state index contributed by atoms with van der Waals surface area (Å²) in [5.74, 6) is 0. The topological polar surface area (TPSA) is 123 Å². The van der Waals surface area contributed by atoms with Gasteiger partial charge in [-0.1, -0.05) is 0 Å². The van der Waals surface area contributed by atoms with Crippen LogP contribution < -0.4 is 0 Å². The number of H-pyrrole nitrogens is 1. The molecule has 0 bridgehead atoms. The molecule has 3 heterocycles. The molecule has 0 aliphatic heterocycles. The van der Waals surface area contributed by atoms with Crippen molar-refractivity contribution in [3.8, 4) is 0 Å². The zero-order chi connectivity index (χ0) is 15.0. The van der Waals surface area contributed by atoms with Gasteiger partial charge >= 0.3 is 5.69 Å². The van der Waals surface area contributed by atoms with Crippen LogP contribution in [0.3, 0.4) is 0 Å². The van der Waals surface area contributed by atoms with Gasteiger partial charge in [0.2, 0.25) is 5.28 Å². The molecule has 0 spiro atoms. The summed E-state index contributed by atoms with van der Waals surface area (Å²) >= 11 is 6.78. The third kappa shape index (κ3) is 2.50. The lowest BCUT2D eigenvalue weighted by molar-refractivity contribution is -0.389. The third-order valence-electron chi connectivity index (χ3n) is 2.56. The smallest absolute Gasteiger partial charge is 0.322 e. The van der Waals surface area contributed by atoms with Crippen molar-refractivity contribution >= 4 is 40.2 Å². The van der Waals surface area contributed by atoms with Gasteiger partial charge in [0.1, 0.15) is 22.6 Å². The first-order valence-corrected chi connectivity index (χ1v) is 6.76. The molecule has 21 heavy (non-hydrogen) atoms. The van der Waals surface area contributed by atoms with Gasteiger partial charge in [-0.05, 0) is 30.3 Å². The van der Waals surface area contributed by atoms with Gasteiger partial charge in [-0.3, -0.25) is 10.1 Å². The van der Waals surface area contributed by atoms with E-state index >= 15 is 0 Å². The molecule has 3 rings (SSSR count). The number of aryl methyl sites for hydroxylation is 1. The van der Waals surface area contributed by atoms with Gasteiger partial charge in [0.25, 0.3) is 0 Å². The second-order valence-electron chi connectivity index (χ2n) is 3.87. The lowest BCUT2D eigenvalue weighted by Crippen LogP contribution is -2.00. The highest BCUT2D eigenvalue weighted by Crippen LogP contribution is 2.36. The molecule has 3 aromatic heterocycles. The van der Waals surface area contributed by atoms with Crippen molar-refractivity contribution in [2.45, 2.75) is 17.0 Å². The summed E-state index contributed by atoms with van der Waals surface area (Å²) < 4.78 is 0. The highest BCUT2D eigenvalue weighted by atomic mass is 35.5. The maximum absolute atomic E-state index is 11.2. The lowest BCUT2D eigenvalue weighted by Gasteiger charge is -2.04. The van der Waals surface area contributed by atoms with Crippen LogP contribution >= 0.6 is 23.4 Å². The fourth-order valence-electron chi connectivity index (χ4n) is 1.70. The summed E-state index contributed by atoms with van der Waals surface area (Å²) in [7, 11) is 0. The number of aromatic nitrogens is 6. The summed E-state index contributed by atoms with van der Waals surface area (Å²) in [5.41, 5.74) is 1.03. The van der Waals surface area contributed by atoms with E-state index in [1.54, 1.807) is 0 Å². The Balaban J connectivity index is 2.13. The van der Waals surface area contributed by atoms with Gasteiger partial charge in [0, 0.05) is 0 Å². The Morgan fingerprint density at radius 3 is 2.86 bits per heavy atom. The zero-order valence-electron chi connectivity index (χ0n) is 10.4. The molecule has 0 aromatic carbocycles. The van der Waals surface area contributed by atoms with Gasteiger partial charge in [-0.15, -0.1) is 0 Å². The minimum Gasteiger partial charge on any atom is -0.341 e. The van der Waals surface area contributed by atoms with E-state index in [4.69, 9.17) is 11.6 Å². The van der Waals surface area contributed by atoms with Crippen LogP contribution in [0.15, 0.2) is 22.7 Å². The molecule has 0 amide bonds. The first-order chi connectivity index (χ1) is 10.1. The van der Waals surface area contributed by atoms with Gasteiger partial charge in [-0.25, -0.2) is 24.9 Å². The Labute approximate surface area is 126 Å². The maximum atomic E-state index is 11.2. The number of rotatable bonds is 3. The number of hydrogen-bond acceptors (Lipinski definition) is 8. The van der Waals surface area contributed by atoms with E-state index in [0.717, 1.165) is 11.8 Å². The van der Waals surface area contributed by atoms with E-state index in [0.29, 0.717) is 16.2 Å². The Bertz CT molecular complexity index is 853. The molecule has 0 aliphatic carbocycles. The van der Waals surface area contributed by atoms with Crippen molar-refractivity contribution in [3.05, 3.63) is 33.7 Å². The molecule has 1 N–H and O–H groups in total. The highest BCUT2D eigenvalue weighted by Gasteiger charge is 2.24. The number of hydrogen-bond donors (Lipinski definition) is 1. The van der Waals surface area contributed by atoms with Crippen molar-refractivity contribution in [2.75, 3.05) is 0 Å². The molecule has 106 valence electrons. The largest absolute Gasteiger partial charge is 0.341 e. The summed E-state index contributed by atoms with van der Waals surface area (Å²) in [6, 6.07) is 0. The van der Waals surface area contributed by atoms with Crippen LogP contribution in [0, 0.1) is 17.0 Å². The number of halogens is 1. The van der Waals surface area contributed by atoms with Crippen molar-refractivity contribution in [2.24, 2.45) is 0 Å². The number of nitrogens with one attached hydrogen (secondary N) is 1. The van der Waals surface area contributed by atoms with Gasteiger partial charge in [0.05, 0.1) is 11.3 Å². The van der Waals surface area contributed by atoms with Crippen LogP contribution in [0.5, 0.6) is 0 Å². The van der Waals surface area contributed by atoms with Crippen LogP contribution in [0.4, 0.5) is 5.69 Å². The second-order valence-corrected chi connectivity index (χ2v) is 5.19. The first-order valence-electron chi connectivity index (χ1n) is 5.56. The number of fused-ring (bicyclic) bond motifs is 1. The van der Waals surface area contributed by atoms with E-state index < -0.39 is 4.92 Å². The summed E-state index contributed by atoms with van der Waals surface area (Å²) in [6.07, 6.45) is 2.79. The van der Waals surface area contributed by atoms with E-state index in [-0.39, 0.29) is 21.7 Å². The molecule has 0 radical (unpaired) electrons. The third-order valence-corrected chi connectivity index (χ3v) is 3.71. The Hall–Kier alpha value is -2.33. The first kappa shape index (κ1) is 13.6. The molecular formula is C10H6ClN7O2S. The molecule has 0 saturated carbocycles. The van der Waals surface area contributed by atoms with Crippen LogP contribution in [-0.4, -0.2) is 34.8 Å². The van der Waals surface area contributed by atoms with Crippen molar-refractivity contribution < 1.29 is 4.92 Å². The molecule has 0 atom stereocenters. The van der Waals surface area contributed by atoms with Crippen LogP contribution in [0.2, 0.25) is 5.28 Å². The summed E-state index contributed by atoms with van der Waals surface area (Å²) in [4.78, 5) is 33.3. The normalized spacial score (nSPS) is 11.0. The average Bonchev–Trinajstić information content (AvgIpc) is 2.86. The maximum Gasteiger partial charge on any atom is 0.322 e. The van der Waals surface area contributed by atoms with Crippen molar-refractivity contribution in [1.29, 1.82) is 0 Å². The van der Waals surface area contributed by atoms with Crippen molar-refractivity contribution in [3.63, 3.8) is 0 Å².